The van der Waals surface area contributed by atoms with E-state index < -0.39 is 17.9 Å². The van der Waals surface area contributed by atoms with Crippen molar-refractivity contribution >= 4 is 6.09 Å². The van der Waals surface area contributed by atoms with Crippen molar-refractivity contribution in [2.75, 3.05) is 0 Å². The van der Waals surface area contributed by atoms with Crippen LogP contribution in [0.5, 0.6) is 5.75 Å². The van der Waals surface area contributed by atoms with E-state index in [1.54, 1.807) is 0 Å². The molecule has 0 aromatic heterocycles. The number of primary amides is 1. The highest BCUT2D eigenvalue weighted by Crippen LogP contribution is 2.38. The van der Waals surface area contributed by atoms with Crippen LogP contribution in [0.3, 0.4) is 0 Å². The molecule has 0 aliphatic heterocycles. The van der Waals surface area contributed by atoms with Gasteiger partial charge in [0.25, 0.3) is 0 Å². The Labute approximate surface area is 94.8 Å². The third kappa shape index (κ3) is 2.88. The number of nitrogens with two attached hydrogens (primary N) is 1. The zero-order valence-electron chi connectivity index (χ0n) is 8.78. The van der Waals surface area contributed by atoms with Gasteiger partial charge in [-0.1, -0.05) is 12.1 Å². The van der Waals surface area contributed by atoms with Crippen LogP contribution in [0, 0.1) is 0 Å². The average Bonchev–Trinajstić information content (AvgIpc) is 2.15. The third-order valence-electron chi connectivity index (χ3n) is 2.19. The second kappa shape index (κ2) is 4.25. The molecule has 1 rings (SSSR count). The lowest BCUT2D eigenvalue weighted by atomic mass is 9.95. The minimum Gasteiger partial charge on any atom is -0.411 e. The van der Waals surface area contributed by atoms with Gasteiger partial charge in [0, 0.05) is 0 Å². The number of halogens is 3. The van der Waals surface area contributed by atoms with E-state index in [0.29, 0.717) is 6.92 Å². The zero-order chi connectivity index (χ0) is 13.3. The molecule has 3 N–H and O–H groups in total. The maximum absolute atomic E-state index is 12.5. The van der Waals surface area contributed by atoms with E-state index in [1.807, 2.05) is 0 Å². The maximum Gasteiger partial charge on any atom is 0.421 e. The van der Waals surface area contributed by atoms with Crippen LogP contribution in [-0.4, -0.2) is 17.4 Å². The van der Waals surface area contributed by atoms with Crippen molar-refractivity contribution in [3.8, 4) is 5.75 Å². The van der Waals surface area contributed by atoms with Gasteiger partial charge in [-0.2, -0.15) is 13.2 Å². The predicted molar refractivity (Wildman–Crippen MR) is 52.3 cm³/mol. The van der Waals surface area contributed by atoms with Crippen molar-refractivity contribution in [1.29, 1.82) is 0 Å². The van der Waals surface area contributed by atoms with E-state index in [2.05, 4.69) is 4.74 Å². The fraction of sp³-hybridized carbons (Fsp3) is 0.300. The first-order valence-electron chi connectivity index (χ1n) is 4.51. The number of rotatable bonds is 2. The molecule has 0 saturated carbocycles. The number of benzene rings is 1. The van der Waals surface area contributed by atoms with Crippen molar-refractivity contribution in [2.24, 2.45) is 5.73 Å². The number of carbonyl (C=O) groups is 1. The van der Waals surface area contributed by atoms with Gasteiger partial charge in [-0.05, 0) is 24.6 Å². The summed E-state index contributed by atoms with van der Waals surface area (Å²) in [7, 11) is 0. The highest BCUT2D eigenvalue weighted by atomic mass is 19.4. The largest absolute Gasteiger partial charge is 0.421 e. The van der Waals surface area contributed by atoms with Gasteiger partial charge in [-0.3, -0.25) is 0 Å². The molecule has 1 amide bonds. The molecule has 1 unspecified atom stereocenters. The predicted octanol–water partition coefficient (Wildman–Crippen LogP) is 1.91. The summed E-state index contributed by atoms with van der Waals surface area (Å²) in [5.41, 5.74) is 1.41. The topological polar surface area (TPSA) is 72.6 Å². The van der Waals surface area contributed by atoms with Crippen LogP contribution in [0.15, 0.2) is 24.3 Å². The van der Waals surface area contributed by atoms with Crippen LogP contribution < -0.4 is 10.5 Å². The smallest absolute Gasteiger partial charge is 0.411 e. The fourth-order valence-corrected chi connectivity index (χ4v) is 1.13. The van der Waals surface area contributed by atoms with Gasteiger partial charge in [-0.25, -0.2) is 4.79 Å². The number of hydrogen-bond acceptors (Lipinski definition) is 3. The van der Waals surface area contributed by atoms with E-state index >= 15 is 0 Å². The Balaban J connectivity index is 2.99. The van der Waals surface area contributed by atoms with Crippen molar-refractivity contribution in [2.45, 2.75) is 18.7 Å². The Hall–Kier alpha value is -1.76. The van der Waals surface area contributed by atoms with Crippen molar-refractivity contribution < 1.29 is 27.8 Å². The van der Waals surface area contributed by atoms with E-state index in [0.717, 1.165) is 24.3 Å². The van der Waals surface area contributed by atoms with E-state index in [9.17, 15) is 23.1 Å². The lowest BCUT2D eigenvalue weighted by Gasteiger charge is -2.26. The van der Waals surface area contributed by atoms with Crippen LogP contribution in [0.1, 0.15) is 12.5 Å². The van der Waals surface area contributed by atoms with Crippen LogP contribution in [0.25, 0.3) is 0 Å². The van der Waals surface area contributed by atoms with Crippen molar-refractivity contribution in [1.82, 2.24) is 0 Å². The first-order chi connectivity index (χ1) is 7.64. The van der Waals surface area contributed by atoms with Crippen LogP contribution in [0.4, 0.5) is 18.0 Å². The highest BCUT2D eigenvalue weighted by Gasteiger charge is 2.51. The van der Waals surface area contributed by atoms with E-state index in [1.165, 1.54) is 0 Å². The molecule has 0 spiro atoms. The molecule has 1 aromatic carbocycles. The monoisotopic (exact) mass is 249 g/mol. The van der Waals surface area contributed by atoms with Crippen molar-refractivity contribution in [3.05, 3.63) is 29.8 Å². The summed E-state index contributed by atoms with van der Waals surface area (Å²) in [4.78, 5) is 10.4. The van der Waals surface area contributed by atoms with E-state index in [-0.39, 0.29) is 11.3 Å². The Morgan fingerprint density at radius 2 is 1.76 bits per heavy atom. The summed E-state index contributed by atoms with van der Waals surface area (Å²) in [5.74, 6) is -0.000718. The van der Waals surface area contributed by atoms with Gasteiger partial charge in [0.15, 0.2) is 5.60 Å². The molecule has 0 saturated heterocycles. The first-order valence-corrected chi connectivity index (χ1v) is 4.51. The van der Waals surface area contributed by atoms with Gasteiger partial charge >= 0.3 is 12.3 Å². The lowest BCUT2D eigenvalue weighted by molar-refractivity contribution is -0.258. The molecule has 1 aromatic rings. The molecule has 17 heavy (non-hydrogen) atoms. The standard InChI is InChI=1S/C10H10F3NO3/c1-9(16,10(11,12)13)6-2-4-7(5-3-6)17-8(14)15/h2-5,16H,1H3,(H2,14,15). The molecule has 7 heteroatoms. The van der Waals surface area contributed by atoms with Gasteiger partial charge in [-0.15, -0.1) is 0 Å². The number of aliphatic hydroxyl groups is 1. The summed E-state index contributed by atoms with van der Waals surface area (Å²) in [6, 6.07) is 4.23. The summed E-state index contributed by atoms with van der Waals surface area (Å²) in [5, 5.41) is 9.34. The fourth-order valence-electron chi connectivity index (χ4n) is 1.13. The summed E-state index contributed by atoms with van der Waals surface area (Å²) in [6.07, 6.45) is -5.86. The normalized spacial score (nSPS) is 15.1. The van der Waals surface area contributed by atoms with Crippen molar-refractivity contribution in [3.63, 3.8) is 0 Å². The van der Waals surface area contributed by atoms with Gasteiger partial charge in [0.05, 0.1) is 0 Å². The molecule has 1 atom stereocenters. The molecule has 0 radical (unpaired) electrons. The lowest BCUT2D eigenvalue weighted by Crippen LogP contribution is -2.39. The Morgan fingerprint density at radius 1 is 1.29 bits per heavy atom. The number of hydrogen-bond donors (Lipinski definition) is 2. The zero-order valence-corrected chi connectivity index (χ0v) is 8.78. The molecule has 0 aliphatic rings. The number of amides is 1. The molecular weight excluding hydrogens is 239 g/mol. The molecule has 4 nitrogen and oxygen atoms in total. The Bertz CT molecular complexity index is 412. The van der Waals surface area contributed by atoms with Crippen LogP contribution >= 0.6 is 0 Å². The molecule has 0 aliphatic carbocycles. The van der Waals surface area contributed by atoms with Gasteiger partial charge < -0.3 is 15.6 Å². The second-order valence-corrected chi connectivity index (χ2v) is 3.52. The van der Waals surface area contributed by atoms with Crippen LogP contribution in [-0.2, 0) is 5.60 Å². The van der Waals surface area contributed by atoms with Crippen LogP contribution in [0.2, 0.25) is 0 Å². The SMILES string of the molecule is CC(O)(c1ccc(OC(N)=O)cc1)C(F)(F)F. The molecule has 0 bridgehead atoms. The number of alkyl halides is 3. The molecular formula is C10H10F3NO3. The molecule has 94 valence electrons. The van der Waals surface area contributed by atoms with Gasteiger partial charge in [0.2, 0.25) is 0 Å². The third-order valence-corrected chi connectivity index (χ3v) is 2.19. The summed E-state index contributed by atoms with van der Waals surface area (Å²) >= 11 is 0. The van der Waals surface area contributed by atoms with E-state index in [4.69, 9.17) is 5.73 Å². The maximum atomic E-state index is 12.5. The Morgan fingerprint density at radius 3 is 2.12 bits per heavy atom. The molecule has 0 fully saturated rings. The summed E-state index contributed by atoms with van der Waals surface area (Å²) < 4.78 is 41.9. The minimum absolute atomic E-state index is 0.000718. The molecule has 0 heterocycles. The Kier molecular flexibility index (Phi) is 3.33. The highest BCUT2D eigenvalue weighted by molar-refractivity contribution is 5.68. The van der Waals surface area contributed by atoms with Gasteiger partial charge in [0.1, 0.15) is 5.75 Å². The summed E-state index contributed by atoms with van der Waals surface area (Å²) in [6.45, 7) is 0.636. The number of ether oxygens (including phenoxy) is 1. The minimum atomic E-state index is -4.79. The first kappa shape index (κ1) is 13.3. The average molecular weight is 249 g/mol. The quantitative estimate of drug-likeness (QED) is 0.840. The number of carbonyl (C=O) groups excluding carboxylic acids is 1. The second-order valence-electron chi connectivity index (χ2n) is 3.52.